The summed E-state index contributed by atoms with van der Waals surface area (Å²) < 4.78 is 4.95. The summed E-state index contributed by atoms with van der Waals surface area (Å²) in [5, 5.41) is 20.7. The molecule has 374 valence electrons. The van der Waals surface area contributed by atoms with Crippen LogP contribution in [0.1, 0.15) is 0 Å². The van der Waals surface area contributed by atoms with Gasteiger partial charge in [-0.2, -0.15) is 0 Å². The SMILES string of the molecule is O=c1c2cc(-c3ccccc3)c3cccc4c5cc(-c6cc7c8cccc9c(-c%10ccccc%10)cc%10c(=O)c%11cc(-c%12ccccc%12)c%12cccc%13c(c6)c7n(c%10c98)c%11c%12%13)cc6c7cccc8c(-c9ccccc9)cc1c(c87)n(c56)c2c34. The van der Waals surface area contributed by atoms with Crippen molar-refractivity contribution in [2.24, 2.45) is 0 Å². The van der Waals surface area contributed by atoms with Crippen molar-refractivity contribution in [3.63, 3.8) is 0 Å². The highest BCUT2D eigenvalue weighted by atomic mass is 16.1. The second kappa shape index (κ2) is 15.0. The lowest BCUT2D eigenvalue weighted by Crippen LogP contribution is -2.12. The van der Waals surface area contributed by atoms with Crippen LogP contribution in [-0.4, -0.2) is 8.80 Å². The number of aromatic nitrogens is 2. The molecule has 0 aliphatic rings. The molecule has 0 radical (unpaired) electrons. The van der Waals surface area contributed by atoms with Crippen molar-refractivity contribution in [2.75, 3.05) is 0 Å². The van der Waals surface area contributed by atoms with Crippen LogP contribution < -0.4 is 10.9 Å². The Hall–Kier alpha value is -10.9. The van der Waals surface area contributed by atoms with E-state index in [0.717, 1.165) is 196 Å². The zero-order valence-electron chi connectivity index (χ0n) is 43.8. The maximum atomic E-state index is 15.7. The lowest BCUT2D eigenvalue weighted by Gasteiger charge is -2.26. The fourth-order valence-corrected chi connectivity index (χ4v) is 15.6. The van der Waals surface area contributed by atoms with Crippen LogP contribution in [0.25, 0.3) is 196 Å². The van der Waals surface area contributed by atoms with Crippen LogP contribution in [0.2, 0.25) is 0 Å². The first kappa shape index (κ1) is 43.0. The molecule has 0 saturated heterocycles. The van der Waals surface area contributed by atoms with Crippen LogP contribution in [0, 0.1) is 0 Å². The van der Waals surface area contributed by atoms with Gasteiger partial charge < -0.3 is 8.80 Å². The molecule has 82 heavy (non-hydrogen) atoms. The lowest BCUT2D eigenvalue weighted by atomic mass is 9.84. The predicted molar refractivity (Wildman–Crippen MR) is 345 cm³/mol. The number of hydrogen-bond acceptors (Lipinski definition) is 2. The highest BCUT2D eigenvalue weighted by Gasteiger charge is 2.30. The average Bonchev–Trinajstić information content (AvgIpc) is 0.795. The number of rotatable bonds is 5. The molecular formula is C78H40N2O2. The largest absolute Gasteiger partial charge is 0.306 e. The maximum Gasteiger partial charge on any atom is 0.197 e. The van der Waals surface area contributed by atoms with Crippen molar-refractivity contribution in [1.29, 1.82) is 0 Å². The van der Waals surface area contributed by atoms with Crippen LogP contribution in [0.15, 0.2) is 252 Å². The van der Waals surface area contributed by atoms with Crippen molar-refractivity contribution < 1.29 is 0 Å². The van der Waals surface area contributed by atoms with E-state index in [4.69, 9.17) is 0 Å². The standard InChI is InChI=1S/C78H40N2O2/c81-77-63-37-55(41-17-5-1-6-18-41)47-25-13-29-51-59-33-45(34-60-52-30-14-26-48-56(42-19-7-2-8-20-42)38-64(77)74(68(48)52)79(71(59)60)73(63)67(47)51)46-35-61-53-31-15-27-49-57(43-21-9-3-10-22-43)39-65-75(69(49)53)80-72(61)62(36-46)54-32-16-28-50-58(44-23-11-4-12-24-44)40-66(78(65)82)76(80)70(50)54/h1-40H. The molecule has 0 aliphatic heterocycles. The van der Waals surface area contributed by atoms with Gasteiger partial charge in [0.05, 0.1) is 33.1 Å². The molecule has 0 unspecified atom stereocenters. The summed E-state index contributed by atoms with van der Waals surface area (Å²) in [5.41, 5.74) is 16.9. The molecule has 4 nitrogen and oxygen atoms in total. The third-order valence-corrected chi connectivity index (χ3v) is 18.9. The Morgan fingerprint density at radius 3 is 0.659 bits per heavy atom. The molecule has 4 heteroatoms. The lowest BCUT2D eigenvalue weighted by molar-refractivity contribution is 1.33. The van der Waals surface area contributed by atoms with Gasteiger partial charge in [-0.15, -0.1) is 0 Å². The van der Waals surface area contributed by atoms with Crippen molar-refractivity contribution in [1.82, 2.24) is 8.80 Å². The molecule has 6 heterocycles. The molecule has 0 atom stereocenters. The van der Waals surface area contributed by atoms with E-state index in [2.05, 4.69) is 251 Å². The second-order valence-corrected chi connectivity index (χ2v) is 22.8. The van der Waals surface area contributed by atoms with Crippen molar-refractivity contribution in [3.8, 4) is 55.6 Å². The highest BCUT2D eigenvalue weighted by Crippen LogP contribution is 2.52. The van der Waals surface area contributed by atoms with Gasteiger partial charge in [-0.3, -0.25) is 9.59 Å². The monoisotopic (exact) mass is 1040 g/mol. The molecule has 20 aromatic rings. The van der Waals surface area contributed by atoms with E-state index in [1.807, 2.05) is 0 Å². The van der Waals surface area contributed by atoms with Crippen LogP contribution in [-0.2, 0) is 0 Å². The predicted octanol–water partition coefficient (Wildman–Crippen LogP) is 19.7. The fourth-order valence-electron chi connectivity index (χ4n) is 15.6. The number of fused-ring (bicyclic) bond motifs is 4. The Labute approximate surface area is 465 Å². The van der Waals surface area contributed by atoms with Gasteiger partial charge in [-0.25, -0.2) is 0 Å². The summed E-state index contributed by atoms with van der Waals surface area (Å²) in [7, 11) is 0. The van der Waals surface area contributed by atoms with Gasteiger partial charge in [0.1, 0.15) is 0 Å². The smallest absolute Gasteiger partial charge is 0.197 e. The van der Waals surface area contributed by atoms with Crippen LogP contribution in [0.4, 0.5) is 0 Å². The molecule has 14 aromatic carbocycles. The molecule has 0 fully saturated rings. The summed E-state index contributed by atoms with van der Waals surface area (Å²) in [4.78, 5) is 31.4. The number of hydrogen-bond donors (Lipinski definition) is 0. The van der Waals surface area contributed by atoms with Crippen LogP contribution >= 0.6 is 0 Å². The van der Waals surface area contributed by atoms with Gasteiger partial charge >= 0.3 is 0 Å². The van der Waals surface area contributed by atoms with E-state index in [1.54, 1.807) is 0 Å². The summed E-state index contributed by atoms with van der Waals surface area (Å²) in [5.74, 6) is 0. The molecule has 20 rings (SSSR count). The van der Waals surface area contributed by atoms with Crippen LogP contribution in [0.3, 0.4) is 0 Å². The Morgan fingerprint density at radius 2 is 0.415 bits per heavy atom. The summed E-state index contributed by atoms with van der Waals surface area (Å²) >= 11 is 0. The van der Waals surface area contributed by atoms with Crippen LogP contribution in [0.5, 0.6) is 0 Å². The van der Waals surface area contributed by atoms with E-state index in [0.29, 0.717) is 0 Å². The quantitative estimate of drug-likeness (QED) is 0.127. The van der Waals surface area contributed by atoms with E-state index >= 15 is 9.59 Å². The minimum atomic E-state index is 0.0489. The third kappa shape index (κ3) is 5.16. The number of pyridine rings is 6. The van der Waals surface area contributed by atoms with Gasteiger partial charge in [0, 0.05) is 64.6 Å². The maximum absolute atomic E-state index is 15.7. The molecule has 0 spiro atoms. The highest BCUT2D eigenvalue weighted by molar-refractivity contribution is 6.38. The molecular weight excluding hydrogens is 997 g/mol. The minimum Gasteiger partial charge on any atom is -0.306 e. The molecule has 0 N–H and O–H groups in total. The molecule has 0 bridgehead atoms. The molecule has 0 aliphatic carbocycles. The summed E-state index contributed by atoms with van der Waals surface area (Å²) in [6, 6.07) is 87.5. The Bertz CT molecular complexity index is 5490. The van der Waals surface area contributed by atoms with Gasteiger partial charge in [-0.1, -0.05) is 194 Å². The third-order valence-electron chi connectivity index (χ3n) is 18.9. The first-order valence-electron chi connectivity index (χ1n) is 28.2. The van der Waals surface area contributed by atoms with E-state index in [1.165, 1.54) is 0 Å². The Kier molecular flexibility index (Phi) is 7.89. The van der Waals surface area contributed by atoms with Crippen molar-refractivity contribution in [2.45, 2.75) is 0 Å². The zero-order valence-corrected chi connectivity index (χ0v) is 43.8. The molecule has 0 amide bonds. The number of nitrogens with zero attached hydrogens (tertiary/aromatic N) is 2. The van der Waals surface area contributed by atoms with E-state index in [9.17, 15) is 0 Å². The Balaban J connectivity index is 1.00. The van der Waals surface area contributed by atoms with Crippen molar-refractivity contribution >= 4 is 141 Å². The van der Waals surface area contributed by atoms with Gasteiger partial charge in [-0.05, 0) is 147 Å². The normalized spacial score (nSPS) is 12.7. The van der Waals surface area contributed by atoms with Gasteiger partial charge in [0.2, 0.25) is 0 Å². The van der Waals surface area contributed by atoms with E-state index in [-0.39, 0.29) is 10.9 Å². The fraction of sp³-hybridized carbons (Fsp3) is 0. The molecule has 0 saturated carbocycles. The minimum absolute atomic E-state index is 0.0489. The average molecular weight is 1040 g/mol. The second-order valence-electron chi connectivity index (χ2n) is 22.8. The summed E-state index contributed by atoms with van der Waals surface area (Å²) in [6.07, 6.45) is 0. The molecule has 6 aromatic heterocycles. The first-order chi connectivity index (χ1) is 40.6. The van der Waals surface area contributed by atoms with E-state index < -0.39 is 0 Å². The summed E-state index contributed by atoms with van der Waals surface area (Å²) in [6.45, 7) is 0. The zero-order chi connectivity index (χ0) is 53.4. The first-order valence-corrected chi connectivity index (χ1v) is 28.2. The topological polar surface area (TPSA) is 43.0 Å². The number of benzene rings is 14. The van der Waals surface area contributed by atoms with Gasteiger partial charge in [0.15, 0.2) is 10.9 Å². The van der Waals surface area contributed by atoms with Gasteiger partial charge in [0.25, 0.3) is 0 Å². The Morgan fingerprint density at radius 1 is 0.183 bits per heavy atom. The van der Waals surface area contributed by atoms with Crippen molar-refractivity contribution in [3.05, 3.63) is 263 Å².